The lowest BCUT2D eigenvalue weighted by atomic mass is 10.1. The second-order valence-corrected chi connectivity index (χ2v) is 4.20. The van der Waals surface area contributed by atoms with Gasteiger partial charge < -0.3 is 14.7 Å². The highest BCUT2D eigenvalue weighted by Gasteiger charge is 2.23. The van der Waals surface area contributed by atoms with Crippen molar-refractivity contribution in [1.29, 1.82) is 0 Å². The molecule has 0 bridgehead atoms. The summed E-state index contributed by atoms with van der Waals surface area (Å²) in [6.45, 7) is 1.37. The van der Waals surface area contributed by atoms with E-state index in [4.69, 9.17) is 9.84 Å². The van der Waals surface area contributed by atoms with Gasteiger partial charge in [-0.05, 0) is 43.5 Å². The Kier molecular flexibility index (Phi) is 3.67. The van der Waals surface area contributed by atoms with E-state index in [0.29, 0.717) is 6.04 Å². The minimum absolute atomic E-state index is 0.275. The van der Waals surface area contributed by atoms with Gasteiger partial charge >= 0.3 is 0 Å². The number of aliphatic hydroxyl groups excluding tert-OH is 1. The summed E-state index contributed by atoms with van der Waals surface area (Å²) in [4.78, 5) is 2.38. The van der Waals surface area contributed by atoms with Crippen LogP contribution >= 0.6 is 0 Å². The van der Waals surface area contributed by atoms with Gasteiger partial charge in [0.05, 0.1) is 7.11 Å². The molecule has 0 amide bonds. The molecule has 0 spiro atoms. The zero-order valence-corrected chi connectivity index (χ0v) is 9.72. The number of hydrogen-bond acceptors (Lipinski definition) is 3. The van der Waals surface area contributed by atoms with Crippen LogP contribution in [0.15, 0.2) is 24.3 Å². The van der Waals surface area contributed by atoms with E-state index in [9.17, 15) is 0 Å². The summed E-state index contributed by atoms with van der Waals surface area (Å²) in [7, 11) is 1.68. The highest BCUT2D eigenvalue weighted by Crippen LogP contribution is 2.28. The molecule has 0 unspecified atom stereocenters. The molecule has 0 radical (unpaired) electrons. The topological polar surface area (TPSA) is 32.7 Å². The Labute approximate surface area is 96.6 Å². The molecule has 3 nitrogen and oxygen atoms in total. The molecule has 1 aromatic rings. The van der Waals surface area contributed by atoms with Gasteiger partial charge in [0.25, 0.3) is 0 Å². The molecule has 88 valence electrons. The van der Waals surface area contributed by atoms with Gasteiger partial charge in [0, 0.05) is 24.9 Å². The number of ether oxygens (including phenoxy) is 1. The maximum Gasteiger partial charge on any atom is 0.119 e. The Bertz CT molecular complexity index is 323. The van der Waals surface area contributed by atoms with E-state index in [-0.39, 0.29) is 6.61 Å². The molecule has 1 aliphatic heterocycles. The van der Waals surface area contributed by atoms with Crippen LogP contribution in [0.2, 0.25) is 0 Å². The molecule has 0 saturated carbocycles. The van der Waals surface area contributed by atoms with Crippen LogP contribution in [0.3, 0.4) is 0 Å². The number of nitrogens with zero attached hydrogens (tertiary/aromatic N) is 1. The van der Waals surface area contributed by atoms with Crippen LogP contribution in [0.4, 0.5) is 5.69 Å². The van der Waals surface area contributed by atoms with Crippen molar-refractivity contribution < 1.29 is 9.84 Å². The SMILES string of the molecule is COc1ccc(N2CCC[C@H]2CCO)cc1. The molecule has 1 fully saturated rings. The van der Waals surface area contributed by atoms with Crippen molar-refractivity contribution in [1.82, 2.24) is 0 Å². The van der Waals surface area contributed by atoms with E-state index >= 15 is 0 Å². The van der Waals surface area contributed by atoms with Gasteiger partial charge in [-0.25, -0.2) is 0 Å². The summed E-state index contributed by atoms with van der Waals surface area (Å²) in [5.74, 6) is 0.890. The summed E-state index contributed by atoms with van der Waals surface area (Å²) in [6.07, 6.45) is 3.27. The third-order valence-electron chi connectivity index (χ3n) is 3.24. The third kappa shape index (κ3) is 2.30. The van der Waals surface area contributed by atoms with Gasteiger partial charge in [0.2, 0.25) is 0 Å². The summed E-state index contributed by atoms with van der Waals surface area (Å²) in [5.41, 5.74) is 1.23. The average Bonchev–Trinajstić information content (AvgIpc) is 2.78. The fourth-order valence-electron chi connectivity index (χ4n) is 2.40. The summed E-state index contributed by atoms with van der Waals surface area (Å²) in [6, 6.07) is 8.66. The monoisotopic (exact) mass is 221 g/mol. The quantitative estimate of drug-likeness (QED) is 0.844. The van der Waals surface area contributed by atoms with Crippen molar-refractivity contribution in [2.75, 3.05) is 25.2 Å². The van der Waals surface area contributed by atoms with Crippen molar-refractivity contribution in [3.05, 3.63) is 24.3 Å². The molecule has 1 aromatic carbocycles. The fraction of sp³-hybridized carbons (Fsp3) is 0.538. The van der Waals surface area contributed by atoms with E-state index < -0.39 is 0 Å². The van der Waals surface area contributed by atoms with Crippen LogP contribution in [-0.4, -0.2) is 31.4 Å². The van der Waals surface area contributed by atoms with E-state index in [1.54, 1.807) is 7.11 Å². The van der Waals surface area contributed by atoms with Gasteiger partial charge in [-0.3, -0.25) is 0 Å². The summed E-state index contributed by atoms with van der Waals surface area (Å²) >= 11 is 0. The van der Waals surface area contributed by atoms with Crippen molar-refractivity contribution in [3.8, 4) is 5.75 Å². The van der Waals surface area contributed by atoms with Gasteiger partial charge in [0.1, 0.15) is 5.75 Å². The molecular formula is C13H19NO2. The van der Waals surface area contributed by atoms with Gasteiger partial charge in [-0.15, -0.1) is 0 Å². The number of hydrogen-bond donors (Lipinski definition) is 1. The molecule has 16 heavy (non-hydrogen) atoms. The first-order valence-electron chi connectivity index (χ1n) is 5.86. The lowest BCUT2D eigenvalue weighted by Gasteiger charge is -2.26. The molecule has 1 heterocycles. The number of methoxy groups -OCH3 is 1. The van der Waals surface area contributed by atoms with Crippen LogP contribution in [-0.2, 0) is 0 Å². The van der Waals surface area contributed by atoms with Crippen molar-refractivity contribution >= 4 is 5.69 Å². The Balaban J connectivity index is 2.09. The first-order chi connectivity index (χ1) is 7.85. The predicted octanol–water partition coefficient (Wildman–Crippen LogP) is 2.05. The number of benzene rings is 1. The Morgan fingerprint density at radius 2 is 2.12 bits per heavy atom. The van der Waals surface area contributed by atoms with Crippen LogP contribution < -0.4 is 9.64 Å². The van der Waals surface area contributed by atoms with E-state index in [0.717, 1.165) is 18.7 Å². The zero-order chi connectivity index (χ0) is 11.4. The lowest BCUT2D eigenvalue weighted by Crippen LogP contribution is -2.29. The second kappa shape index (κ2) is 5.21. The first kappa shape index (κ1) is 11.3. The minimum atomic E-state index is 0.275. The van der Waals surface area contributed by atoms with Crippen LogP contribution in [0.5, 0.6) is 5.75 Å². The summed E-state index contributed by atoms with van der Waals surface area (Å²) < 4.78 is 5.15. The Morgan fingerprint density at radius 1 is 1.38 bits per heavy atom. The summed E-state index contributed by atoms with van der Waals surface area (Å²) in [5, 5.41) is 9.03. The van der Waals surface area contributed by atoms with Crippen molar-refractivity contribution in [2.45, 2.75) is 25.3 Å². The second-order valence-electron chi connectivity index (χ2n) is 4.20. The molecule has 0 aromatic heterocycles. The van der Waals surface area contributed by atoms with Crippen molar-refractivity contribution in [3.63, 3.8) is 0 Å². The molecule has 2 rings (SSSR count). The van der Waals surface area contributed by atoms with Crippen LogP contribution in [0, 0.1) is 0 Å². The molecule has 1 N–H and O–H groups in total. The smallest absolute Gasteiger partial charge is 0.119 e. The van der Waals surface area contributed by atoms with Gasteiger partial charge in [-0.2, -0.15) is 0 Å². The number of rotatable bonds is 4. The maximum atomic E-state index is 9.03. The van der Waals surface area contributed by atoms with E-state index in [2.05, 4.69) is 17.0 Å². The molecule has 3 heteroatoms. The molecule has 1 saturated heterocycles. The van der Waals surface area contributed by atoms with Crippen LogP contribution in [0.25, 0.3) is 0 Å². The highest BCUT2D eigenvalue weighted by molar-refractivity contribution is 5.50. The minimum Gasteiger partial charge on any atom is -0.497 e. The maximum absolute atomic E-state index is 9.03. The lowest BCUT2D eigenvalue weighted by molar-refractivity contribution is 0.276. The van der Waals surface area contributed by atoms with Crippen LogP contribution in [0.1, 0.15) is 19.3 Å². The van der Waals surface area contributed by atoms with Gasteiger partial charge in [0.15, 0.2) is 0 Å². The number of aliphatic hydroxyl groups is 1. The fourth-order valence-corrected chi connectivity index (χ4v) is 2.40. The first-order valence-corrected chi connectivity index (χ1v) is 5.86. The Morgan fingerprint density at radius 3 is 2.75 bits per heavy atom. The largest absolute Gasteiger partial charge is 0.497 e. The zero-order valence-electron chi connectivity index (χ0n) is 9.72. The van der Waals surface area contributed by atoms with E-state index in [1.165, 1.54) is 18.5 Å². The standard InChI is InChI=1S/C13H19NO2/c1-16-13-6-4-12(5-7-13)14-9-2-3-11(14)8-10-15/h4-7,11,15H,2-3,8-10H2,1H3/t11-/m0/s1. The highest BCUT2D eigenvalue weighted by atomic mass is 16.5. The van der Waals surface area contributed by atoms with E-state index in [1.807, 2.05) is 12.1 Å². The molecule has 1 atom stereocenters. The predicted molar refractivity (Wildman–Crippen MR) is 65.1 cm³/mol. The van der Waals surface area contributed by atoms with Gasteiger partial charge in [-0.1, -0.05) is 0 Å². The third-order valence-corrected chi connectivity index (χ3v) is 3.24. The average molecular weight is 221 g/mol. The molecule has 0 aliphatic carbocycles. The molecular weight excluding hydrogens is 202 g/mol. The normalized spacial score (nSPS) is 20.1. The number of anilines is 1. The Hall–Kier alpha value is -1.22. The molecule has 1 aliphatic rings. The van der Waals surface area contributed by atoms with Crippen molar-refractivity contribution in [2.24, 2.45) is 0 Å².